The number of carbonyl (C=O) groups excluding carboxylic acids is 2. The van der Waals surface area contributed by atoms with Crippen LogP contribution < -0.4 is 20.3 Å². The van der Waals surface area contributed by atoms with Gasteiger partial charge in [0, 0.05) is 38.1 Å². The van der Waals surface area contributed by atoms with Gasteiger partial charge in [0.15, 0.2) is 0 Å². The second-order valence-electron chi connectivity index (χ2n) is 7.10. The Bertz CT molecular complexity index is 924. The lowest BCUT2D eigenvalue weighted by Crippen LogP contribution is -2.56. The Kier molecular flexibility index (Phi) is 5.78. The van der Waals surface area contributed by atoms with Crippen molar-refractivity contribution in [1.82, 2.24) is 15.2 Å². The normalized spacial score (nSPS) is 19.0. The van der Waals surface area contributed by atoms with E-state index < -0.39 is 6.04 Å². The number of benzene rings is 1. The summed E-state index contributed by atoms with van der Waals surface area (Å²) in [5.74, 6) is 1.59. The number of hydrogen-bond acceptors (Lipinski definition) is 7. The first-order valence-corrected chi connectivity index (χ1v) is 9.86. The first-order valence-electron chi connectivity index (χ1n) is 9.86. The van der Waals surface area contributed by atoms with E-state index in [2.05, 4.69) is 25.5 Å². The molecular formula is C21H24N6O3. The van der Waals surface area contributed by atoms with E-state index in [1.165, 1.54) is 0 Å². The standard InChI is InChI=1S/C21H24N6O3/c1-30-16-7-5-15(6-8-16)23-20(29)17-14-19(28)25-21(24-17)27-12-10-26(11-13-27)18-4-2-3-9-22-18/h2-9,17H,10-14H2,1H3,(H,23,29)(H,24,25,28)/t17-/m1/s1. The molecule has 2 aliphatic heterocycles. The second kappa shape index (κ2) is 8.81. The molecule has 2 aliphatic rings. The fraction of sp³-hybridized carbons (Fsp3) is 0.333. The molecule has 0 saturated carbocycles. The average Bonchev–Trinajstić information content (AvgIpc) is 2.80. The van der Waals surface area contributed by atoms with Crippen LogP contribution in [0.5, 0.6) is 5.75 Å². The third-order valence-electron chi connectivity index (χ3n) is 5.12. The molecule has 1 atom stereocenters. The maximum absolute atomic E-state index is 12.7. The van der Waals surface area contributed by atoms with Crippen molar-refractivity contribution in [1.29, 1.82) is 0 Å². The quantitative estimate of drug-likeness (QED) is 0.786. The molecule has 2 aromatic rings. The molecule has 0 spiro atoms. The Balaban J connectivity index is 1.39. The van der Waals surface area contributed by atoms with E-state index in [1.54, 1.807) is 37.6 Å². The number of piperazine rings is 1. The number of rotatable bonds is 4. The Labute approximate surface area is 174 Å². The minimum absolute atomic E-state index is 0.0272. The molecule has 0 aliphatic carbocycles. The first kappa shape index (κ1) is 19.7. The second-order valence-corrected chi connectivity index (χ2v) is 7.10. The largest absolute Gasteiger partial charge is 0.497 e. The van der Waals surface area contributed by atoms with Crippen molar-refractivity contribution in [3.63, 3.8) is 0 Å². The summed E-state index contributed by atoms with van der Waals surface area (Å²) in [6.07, 6.45) is 1.80. The predicted octanol–water partition coefficient (Wildman–Crippen LogP) is 1.10. The number of ether oxygens (including phenoxy) is 1. The third kappa shape index (κ3) is 4.51. The minimum Gasteiger partial charge on any atom is -0.497 e. The van der Waals surface area contributed by atoms with Crippen LogP contribution in [0.4, 0.5) is 11.5 Å². The van der Waals surface area contributed by atoms with E-state index >= 15 is 0 Å². The fourth-order valence-corrected chi connectivity index (χ4v) is 3.48. The van der Waals surface area contributed by atoms with Crippen LogP contribution in [0.25, 0.3) is 0 Å². The number of guanidine groups is 1. The van der Waals surface area contributed by atoms with Crippen LogP contribution >= 0.6 is 0 Å². The number of aromatic nitrogens is 1. The summed E-state index contributed by atoms with van der Waals surface area (Å²) in [6.45, 7) is 2.88. The molecule has 1 fully saturated rings. The molecule has 156 valence electrons. The Morgan fingerprint density at radius 3 is 2.50 bits per heavy atom. The number of hydrogen-bond donors (Lipinski definition) is 2. The van der Waals surface area contributed by atoms with E-state index in [4.69, 9.17) is 4.74 Å². The van der Waals surface area contributed by atoms with Crippen molar-refractivity contribution in [2.24, 2.45) is 4.99 Å². The number of amides is 2. The maximum Gasteiger partial charge on any atom is 0.249 e. The summed E-state index contributed by atoms with van der Waals surface area (Å²) in [5, 5.41) is 5.63. The Morgan fingerprint density at radius 1 is 1.10 bits per heavy atom. The van der Waals surface area contributed by atoms with Gasteiger partial charge in [0.1, 0.15) is 17.6 Å². The highest BCUT2D eigenvalue weighted by Crippen LogP contribution is 2.17. The van der Waals surface area contributed by atoms with E-state index in [9.17, 15) is 9.59 Å². The molecule has 0 bridgehead atoms. The molecule has 9 heteroatoms. The van der Waals surface area contributed by atoms with Crippen LogP contribution in [0.3, 0.4) is 0 Å². The molecule has 1 saturated heterocycles. The molecule has 0 unspecified atom stereocenters. The summed E-state index contributed by atoms with van der Waals surface area (Å²) in [7, 11) is 1.58. The van der Waals surface area contributed by atoms with Gasteiger partial charge in [0.25, 0.3) is 0 Å². The molecule has 1 aromatic heterocycles. The van der Waals surface area contributed by atoms with Crippen molar-refractivity contribution in [2.75, 3.05) is 43.5 Å². The maximum atomic E-state index is 12.7. The van der Waals surface area contributed by atoms with E-state index in [-0.39, 0.29) is 18.2 Å². The highest BCUT2D eigenvalue weighted by atomic mass is 16.5. The number of anilines is 2. The molecule has 0 radical (unpaired) electrons. The highest BCUT2D eigenvalue weighted by molar-refractivity contribution is 6.06. The van der Waals surface area contributed by atoms with Crippen LogP contribution in [-0.2, 0) is 9.59 Å². The van der Waals surface area contributed by atoms with Crippen molar-refractivity contribution in [2.45, 2.75) is 12.5 Å². The van der Waals surface area contributed by atoms with Crippen molar-refractivity contribution in [3.8, 4) is 5.75 Å². The molecule has 1 aromatic carbocycles. The first-order chi connectivity index (χ1) is 14.6. The SMILES string of the molecule is COc1ccc(NC(=O)[C@H]2CC(=O)NC(N3CCN(c4ccccn4)CC3)=N2)cc1. The van der Waals surface area contributed by atoms with Gasteiger partial charge in [-0.05, 0) is 36.4 Å². The number of nitrogens with one attached hydrogen (secondary N) is 2. The smallest absolute Gasteiger partial charge is 0.249 e. The minimum atomic E-state index is -0.760. The van der Waals surface area contributed by atoms with Gasteiger partial charge in [0.2, 0.25) is 17.8 Å². The lowest BCUT2D eigenvalue weighted by molar-refractivity contribution is -0.125. The predicted molar refractivity (Wildman–Crippen MR) is 114 cm³/mol. The zero-order valence-corrected chi connectivity index (χ0v) is 16.7. The highest BCUT2D eigenvalue weighted by Gasteiger charge is 2.30. The summed E-state index contributed by atoms with van der Waals surface area (Å²) in [5.41, 5.74) is 0.632. The number of pyridine rings is 1. The van der Waals surface area contributed by atoms with Crippen LogP contribution in [0, 0.1) is 0 Å². The monoisotopic (exact) mass is 408 g/mol. The van der Waals surface area contributed by atoms with E-state index in [0.717, 1.165) is 18.9 Å². The van der Waals surface area contributed by atoms with Gasteiger partial charge in [-0.15, -0.1) is 0 Å². The average molecular weight is 408 g/mol. The molecule has 2 amide bonds. The van der Waals surface area contributed by atoms with Crippen molar-refractivity contribution < 1.29 is 14.3 Å². The molecular weight excluding hydrogens is 384 g/mol. The summed E-state index contributed by atoms with van der Waals surface area (Å²) in [6, 6.07) is 12.1. The number of aliphatic imine (C=N–C) groups is 1. The van der Waals surface area contributed by atoms with Gasteiger partial charge < -0.3 is 19.9 Å². The summed E-state index contributed by atoms with van der Waals surface area (Å²) >= 11 is 0. The zero-order chi connectivity index (χ0) is 20.9. The van der Waals surface area contributed by atoms with Gasteiger partial charge >= 0.3 is 0 Å². The number of carbonyl (C=O) groups is 2. The lowest BCUT2D eigenvalue weighted by atomic mass is 10.1. The van der Waals surface area contributed by atoms with Crippen LogP contribution in [-0.4, -0.2) is 67.0 Å². The number of methoxy groups -OCH3 is 1. The third-order valence-corrected chi connectivity index (χ3v) is 5.12. The number of nitrogens with zero attached hydrogens (tertiary/aromatic N) is 4. The molecule has 3 heterocycles. The van der Waals surface area contributed by atoms with Crippen molar-refractivity contribution in [3.05, 3.63) is 48.7 Å². The summed E-state index contributed by atoms with van der Waals surface area (Å²) < 4.78 is 5.12. The Morgan fingerprint density at radius 2 is 1.83 bits per heavy atom. The Hall–Kier alpha value is -3.62. The van der Waals surface area contributed by atoms with Gasteiger partial charge in [-0.2, -0.15) is 0 Å². The molecule has 2 N–H and O–H groups in total. The zero-order valence-electron chi connectivity index (χ0n) is 16.7. The molecule has 4 rings (SSSR count). The van der Waals surface area contributed by atoms with Gasteiger partial charge in [-0.3, -0.25) is 14.9 Å². The molecule has 30 heavy (non-hydrogen) atoms. The molecule has 9 nitrogen and oxygen atoms in total. The van der Waals surface area contributed by atoms with Gasteiger partial charge in [0.05, 0.1) is 13.5 Å². The van der Waals surface area contributed by atoms with E-state index in [1.807, 2.05) is 23.1 Å². The van der Waals surface area contributed by atoms with Gasteiger partial charge in [-0.25, -0.2) is 9.98 Å². The van der Waals surface area contributed by atoms with Gasteiger partial charge in [-0.1, -0.05) is 6.07 Å². The van der Waals surface area contributed by atoms with Crippen molar-refractivity contribution >= 4 is 29.3 Å². The van der Waals surface area contributed by atoms with Crippen LogP contribution in [0.15, 0.2) is 53.7 Å². The van der Waals surface area contributed by atoms with E-state index in [0.29, 0.717) is 30.5 Å². The summed E-state index contributed by atoms with van der Waals surface area (Å²) in [4.78, 5) is 38.0. The van der Waals surface area contributed by atoms with Crippen LogP contribution in [0.2, 0.25) is 0 Å². The fourth-order valence-electron chi connectivity index (χ4n) is 3.48. The lowest BCUT2D eigenvalue weighted by Gasteiger charge is -2.38. The van der Waals surface area contributed by atoms with Crippen LogP contribution in [0.1, 0.15) is 6.42 Å². The topological polar surface area (TPSA) is 99.2 Å².